The van der Waals surface area contributed by atoms with E-state index in [2.05, 4.69) is 15.6 Å². The fourth-order valence-electron chi connectivity index (χ4n) is 2.69. The zero-order valence-corrected chi connectivity index (χ0v) is 17.1. The van der Waals surface area contributed by atoms with E-state index in [0.29, 0.717) is 30.6 Å². The first kappa shape index (κ1) is 20.8. The summed E-state index contributed by atoms with van der Waals surface area (Å²) in [4.78, 5) is 4.55. The fourth-order valence-corrected chi connectivity index (χ4v) is 3.65. The number of benzene rings is 2. The van der Waals surface area contributed by atoms with Gasteiger partial charge in [-0.05, 0) is 48.7 Å². The van der Waals surface area contributed by atoms with Gasteiger partial charge in [-0.25, -0.2) is 8.42 Å². The first-order chi connectivity index (χ1) is 12.8. The molecule has 0 saturated heterocycles. The Labute approximate surface area is 161 Å². The Morgan fingerprint density at radius 2 is 1.89 bits per heavy atom. The molecule has 0 saturated carbocycles. The van der Waals surface area contributed by atoms with Crippen LogP contribution in [0.5, 0.6) is 5.75 Å². The highest BCUT2D eigenvalue weighted by molar-refractivity contribution is 7.90. The number of rotatable bonds is 7. The molecule has 146 valence electrons. The highest BCUT2D eigenvalue weighted by Gasteiger charge is 2.10. The minimum absolute atomic E-state index is 0.363. The lowest BCUT2D eigenvalue weighted by Crippen LogP contribution is -2.38. The third-order valence-electron chi connectivity index (χ3n) is 3.98. The molecular weight excluding hydrogens is 362 g/mol. The van der Waals surface area contributed by atoms with Crippen LogP contribution in [-0.2, 0) is 16.4 Å². The molecule has 2 N–H and O–H groups in total. The molecule has 0 atom stereocenters. The standard InChI is InChI=1S/C20H27N3O3S/c1-15-6-5-7-18(12-15)26-11-10-22-20(21-3)23-14-17-8-9-19(16(2)13-17)27(4,24)25/h5-9,12-13H,10-11,14H2,1-4H3,(H2,21,22,23). The smallest absolute Gasteiger partial charge is 0.191 e. The van der Waals surface area contributed by atoms with E-state index in [0.717, 1.165) is 22.4 Å². The summed E-state index contributed by atoms with van der Waals surface area (Å²) in [6.45, 7) is 5.51. The maximum Gasteiger partial charge on any atom is 0.191 e. The van der Waals surface area contributed by atoms with Gasteiger partial charge in [-0.1, -0.05) is 24.3 Å². The van der Waals surface area contributed by atoms with E-state index in [4.69, 9.17) is 4.74 Å². The molecule has 6 nitrogen and oxygen atoms in total. The Morgan fingerprint density at radius 1 is 1.11 bits per heavy atom. The molecule has 0 spiro atoms. The maximum atomic E-state index is 11.7. The normalized spacial score (nSPS) is 11.9. The van der Waals surface area contributed by atoms with Gasteiger partial charge in [-0.15, -0.1) is 0 Å². The highest BCUT2D eigenvalue weighted by atomic mass is 32.2. The number of hydrogen-bond donors (Lipinski definition) is 2. The van der Waals surface area contributed by atoms with Gasteiger partial charge in [0.05, 0.1) is 11.4 Å². The van der Waals surface area contributed by atoms with Gasteiger partial charge in [0.15, 0.2) is 15.8 Å². The van der Waals surface area contributed by atoms with E-state index in [1.807, 2.05) is 43.3 Å². The van der Waals surface area contributed by atoms with Gasteiger partial charge in [0.2, 0.25) is 0 Å². The maximum absolute atomic E-state index is 11.7. The predicted molar refractivity (Wildman–Crippen MR) is 109 cm³/mol. The summed E-state index contributed by atoms with van der Waals surface area (Å²) in [5, 5.41) is 6.41. The zero-order valence-electron chi connectivity index (χ0n) is 16.2. The fraction of sp³-hybridized carbons (Fsp3) is 0.350. The lowest BCUT2D eigenvalue weighted by atomic mass is 10.1. The number of hydrogen-bond acceptors (Lipinski definition) is 4. The van der Waals surface area contributed by atoms with Crippen LogP contribution in [0.3, 0.4) is 0 Å². The second-order valence-electron chi connectivity index (χ2n) is 6.39. The summed E-state index contributed by atoms with van der Waals surface area (Å²) >= 11 is 0. The van der Waals surface area contributed by atoms with Crippen molar-refractivity contribution in [1.82, 2.24) is 10.6 Å². The zero-order chi connectivity index (χ0) is 19.9. The van der Waals surface area contributed by atoms with E-state index in [1.54, 1.807) is 20.0 Å². The molecule has 2 aromatic rings. The molecule has 0 radical (unpaired) electrons. The van der Waals surface area contributed by atoms with Crippen molar-refractivity contribution in [3.05, 3.63) is 59.2 Å². The predicted octanol–water partition coefficient (Wildman–Crippen LogP) is 2.45. The van der Waals surface area contributed by atoms with E-state index >= 15 is 0 Å². The van der Waals surface area contributed by atoms with Crippen molar-refractivity contribution in [1.29, 1.82) is 0 Å². The summed E-state index contributed by atoms with van der Waals surface area (Å²) in [5.74, 6) is 1.51. The quantitative estimate of drug-likeness (QED) is 0.432. The second-order valence-corrected chi connectivity index (χ2v) is 8.37. The topological polar surface area (TPSA) is 79.8 Å². The Balaban J connectivity index is 1.81. The van der Waals surface area contributed by atoms with E-state index in [1.165, 1.54) is 6.26 Å². The molecule has 0 aliphatic carbocycles. The number of nitrogens with one attached hydrogen (secondary N) is 2. The van der Waals surface area contributed by atoms with E-state index < -0.39 is 9.84 Å². The van der Waals surface area contributed by atoms with Crippen molar-refractivity contribution in [3.8, 4) is 5.75 Å². The van der Waals surface area contributed by atoms with Gasteiger partial charge in [0, 0.05) is 19.8 Å². The summed E-state index contributed by atoms with van der Waals surface area (Å²) < 4.78 is 29.1. The third-order valence-corrected chi connectivity index (χ3v) is 5.23. The number of sulfone groups is 1. The molecule has 0 bridgehead atoms. The van der Waals surface area contributed by atoms with Crippen LogP contribution in [0.25, 0.3) is 0 Å². The van der Waals surface area contributed by atoms with Crippen molar-refractivity contribution < 1.29 is 13.2 Å². The van der Waals surface area contributed by atoms with Crippen molar-refractivity contribution in [2.24, 2.45) is 4.99 Å². The number of aryl methyl sites for hydroxylation is 2. The van der Waals surface area contributed by atoms with Crippen LogP contribution in [0.4, 0.5) is 0 Å². The lowest BCUT2D eigenvalue weighted by molar-refractivity contribution is 0.321. The van der Waals surface area contributed by atoms with Gasteiger partial charge >= 0.3 is 0 Å². The SMILES string of the molecule is CN=C(NCCOc1cccc(C)c1)NCc1ccc(S(C)(=O)=O)c(C)c1. The largest absolute Gasteiger partial charge is 0.492 e. The highest BCUT2D eigenvalue weighted by Crippen LogP contribution is 2.16. The second kappa shape index (κ2) is 9.41. The van der Waals surface area contributed by atoms with Crippen molar-refractivity contribution in [2.45, 2.75) is 25.3 Å². The Bertz CT molecular complexity index is 908. The molecular formula is C20H27N3O3S. The summed E-state index contributed by atoms with van der Waals surface area (Å²) in [5.41, 5.74) is 2.89. The minimum Gasteiger partial charge on any atom is -0.492 e. The van der Waals surface area contributed by atoms with Crippen LogP contribution in [0, 0.1) is 13.8 Å². The van der Waals surface area contributed by atoms with Crippen LogP contribution in [0.2, 0.25) is 0 Å². The van der Waals surface area contributed by atoms with Crippen molar-refractivity contribution >= 4 is 15.8 Å². The Morgan fingerprint density at radius 3 is 2.52 bits per heavy atom. The van der Waals surface area contributed by atoms with Gasteiger partial charge in [0.25, 0.3) is 0 Å². The minimum atomic E-state index is -3.20. The lowest BCUT2D eigenvalue weighted by Gasteiger charge is -2.13. The average molecular weight is 390 g/mol. The third kappa shape index (κ3) is 6.60. The number of ether oxygens (including phenoxy) is 1. The van der Waals surface area contributed by atoms with Gasteiger partial charge < -0.3 is 15.4 Å². The van der Waals surface area contributed by atoms with Crippen molar-refractivity contribution in [2.75, 3.05) is 26.5 Å². The van der Waals surface area contributed by atoms with Crippen LogP contribution < -0.4 is 15.4 Å². The molecule has 27 heavy (non-hydrogen) atoms. The molecule has 0 unspecified atom stereocenters. The molecule has 0 heterocycles. The molecule has 2 rings (SSSR count). The molecule has 2 aromatic carbocycles. The summed E-state index contributed by atoms with van der Waals surface area (Å²) in [7, 11) is -1.49. The first-order valence-corrected chi connectivity index (χ1v) is 10.6. The molecule has 0 aromatic heterocycles. The first-order valence-electron chi connectivity index (χ1n) is 8.73. The Kier molecular flexibility index (Phi) is 7.24. The summed E-state index contributed by atoms with van der Waals surface area (Å²) in [6, 6.07) is 13.3. The molecule has 0 amide bonds. The van der Waals surface area contributed by atoms with Crippen molar-refractivity contribution in [3.63, 3.8) is 0 Å². The molecule has 0 fully saturated rings. The van der Waals surface area contributed by atoms with Gasteiger partial charge in [0.1, 0.15) is 12.4 Å². The summed E-state index contributed by atoms with van der Waals surface area (Å²) in [6.07, 6.45) is 1.22. The Hall–Kier alpha value is -2.54. The molecule has 0 aliphatic rings. The van der Waals surface area contributed by atoms with Crippen LogP contribution in [0.15, 0.2) is 52.4 Å². The molecule has 0 aliphatic heterocycles. The van der Waals surface area contributed by atoms with Gasteiger partial charge in [-0.3, -0.25) is 4.99 Å². The van der Waals surface area contributed by atoms with Gasteiger partial charge in [-0.2, -0.15) is 0 Å². The molecule has 7 heteroatoms. The van der Waals surface area contributed by atoms with E-state index in [-0.39, 0.29) is 0 Å². The number of nitrogens with zero attached hydrogens (tertiary/aromatic N) is 1. The van der Waals surface area contributed by atoms with Crippen LogP contribution in [0.1, 0.15) is 16.7 Å². The van der Waals surface area contributed by atoms with E-state index in [9.17, 15) is 8.42 Å². The number of guanidine groups is 1. The number of aliphatic imine (C=N–C) groups is 1. The van der Waals surface area contributed by atoms with Crippen LogP contribution in [-0.4, -0.2) is 40.8 Å². The van der Waals surface area contributed by atoms with Crippen LogP contribution >= 0.6 is 0 Å². The average Bonchev–Trinajstić information content (AvgIpc) is 2.60. The monoisotopic (exact) mass is 389 g/mol.